The van der Waals surface area contributed by atoms with Crippen LogP contribution >= 0.6 is 0 Å². The fourth-order valence-electron chi connectivity index (χ4n) is 2.82. The van der Waals surface area contributed by atoms with Crippen LogP contribution in [0, 0.1) is 5.41 Å². The van der Waals surface area contributed by atoms with Crippen LogP contribution in [0.4, 0.5) is 0 Å². The van der Waals surface area contributed by atoms with E-state index in [4.69, 9.17) is 0 Å². The van der Waals surface area contributed by atoms with Crippen molar-refractivity contribution < 1.29 is 14.7 Å². The third kappa shape index (κ3) is 3.73. The van der Waals surface area contributed by atoms with Gasteiger partial charge in [-0.05, 0) is 30.9 Å². The van der Waals surface area contributed by atoms with Crippen LogP contribution in [0.3, 0.4) is 0 Å². The Morgan fingerprint density at radius 3 is 2.57 bits per heavy atom. The number of hydrogen-bond acceptors (Lipinski definition) is 2. The van der Waals surface area contributed by atoms with Crippen molar-refractivity contribution in [3.8, 4) is 0 Å². The minimum Gasteiger partial charge on any atom is -0.481 e. The molecule has 5 nitrogen and oxygen atoms in total. The summed E-state index contributed by atoms with van der Waals surface area (Å²) in [5.74, 6) is -0.956. The Labute approximate surface area is 136 Å². The summed E-state index contributed by atoms with van der Waals surface area (Å²) >= 11 is 0. The SMILES string of the molecule is CCC(CC)(CNC(=O)CCc1c[nH]c2ccccc12)C(=O)O. The van der Waals surface area contributed by atoms with Crippen LogP contribution in [0.5, 0.6) is 0 Å². The smallest absolute Gasteiger partial charge is 0.311 e. The number of hydrogen-bond donors (Lipinski definition) is 3. The molecule has 3 N–H and O–H groups in total. The van der Waals surface area contributed by atoms with E-state index in [0.717, 1.165) is 16.5 Å². The second kappa shape index (κ2) is 7.31. The van der Waals surface area contributed by atoms with Crippen molar-refractivity contribution in [2.24, 2.45) is 5.41 Å². The minimum absolute atomic E-state index is 0.109. The van der Waals surface area contributed by atoms with Crippen LogP contribution in [0.25, 0.3) is 10.9 Å². The zero-order valence-electron chi connectivity index (χ0n) is 13.7. The number of aromatic nitrogens is 1. The van der Waals surface area contributed by atoms with Crippen molar-refractivity contribution in [1.82, 2.24) is 10.3 Å². The van der Waals surface area contributed by atoms with Gasteiger partial charge in [-0.1, -0.05) is 32.0 Å². The molecule has 2 rings (SSSR count). The van der Waals surface area contributed by atoms with Crippen molar-refractivity contribution in [3.05, 3.63) is 36.0 Å². The van der Waals surface area contributed by atoms with Crippen molar-refractivity contribution in [2.45, 2.75) is 39.5 Å². The first kappa shape index (κ1) is 17.1. The number of aromatic amines is 1. The number of nitrogens with one attached hydrogen (secondary N) is 2. The number of carboxylic acids is 1. The molecule has 5 heteroatoms. The summed E-state index contributed by atoms with van der Waals surface area (Å²) in [7, 11) is 0. The number of fused-ring (bicyclic) bond motifs is 1. The normalized spacial score (nSPS) is 11.6. The van der Waals surface area contributed by atoms with Crippen molar-refractivity contribution in [1.29, 1.82) is 0 Å². The van der Waals surface area contributed by atoms with E-state index in [1.165, 1.54) is 0 Å². The minimum atomic E-state index is -0.865. The van der Waals surface area contributed by atoms with E-state index in [9.17, 15) is 14.7 Å². The molecule has 1 amide bonds. The number of carboxylic acid groups (broad SMARTS) is 1. The number of amides is 1. The number of carbonyl (C=O) groups excluding carboxylic acids is 1. The first-order valence-corrected chi connectivity index (χ1v) is 8.07. The maximum absolute atomic E-state index is 12.1. The number of para-hydroxylation sites is 1. The van der Waals surface area contributed by atoms with Gasteiger partial charge in [0.25, 0.3) is 0 Å². The molecule has 0 saturated heterocycles. The topological polar surface area (TPSA) is 82.2 Å². The lowest BCUT2D eigenvalue weighted by atomic mass is 9.82. The molecule has 0 radical (unpaired) electrons. The molecule has 2 aromatic rings. The molecule has 1 heterocycles. The number of aliphatic carboxylic acids is 1. The number of H-pyrrole nitrogens is 1. The van der Waals surface area contributed by atoms with E-state index >= 15 is 0 Å². The summed E-state index contributed by atoms with van der Waals surface area (Å²) in [5, 5.41) is 13.3. The van der Waals surface area contributed by atoms with Crippen LogP contribution in [-0.4, -0.2) is 28.5 Å². The lowest BCUT2D eigenvalue weighted by molar-refractivity contribution is -0.149. The molecule has 1 aromatic heterocycles. The fourth-order valence-corrected chi connectivity index (χ4v) is 2.82. The van der Waals surface area contributed by atoms with E-state index in [-0.39, 0.29) is 12.5 Å². The monoisotopic (exact) mass is 316 g/mol. The zero-order chi connectivity index (χ0) is 16.9. The molecule has 23 heavy (non-hydrogen) atoms. The summed E-state index contributed by atoms with van der Waals surface area (Å²) in [6.07, 6.45) is 3.92. The quantitative estimate of drug-likeness (QED) is 0.700. The molecule has 0 aliphatic rings. The van der Waals surface area contributed by atoms with Gasteiger partial charge in [0.1, 0.15) is 0 Å². The fraction of sp³-hybridized carbons (Fsp3) is 0.444. The van der Waals surface area contributed by atoms with Gasteiger partial charge in [-0.25, -0.2) is 0 Å². The Bertz CT molecular complexity index is 686. The average molecular weight is 316 g/mol. The van der Waals surface area contributed by atoms with Crippen LogP contribution in [0.1, 0.15) is 38.7 Å². The highest BCUT2D eigenvalue weighted by atomic mass is 16.4. The summed E-state index contributed by atoms with van der Waals surface area (Å²) in [6.45, 7) is 3.87. The van der Waals surface area contributed by atoms with Gasteiger partial charge in [0, 0.05) is 30.1 Å². The molecular formula is C18H24N2O3. The molecule has 0 aliphatic carbocycles. The van der Waals surface area contributed by atoms with Crippen molar-refractivity contribution in [2.75, 3.05) is 6.54 Å². The van der Waals surface area contributed by atoms with E-state index in [1.54, 1.807) is 0 Å². The molecule has 0 fully saturated rings. The van der Waals surface area contributed by atoms with E-state index < -0.39 is 11.4 Å². The van der Waals surface area contributed by atoms with Crippen LogP contribution < -0.4 is 5.32 Å². The van der Waals surface area contributed by atoms with E-state index in [0.29, 0.717) is 25.7 Å². The maximum Gasteiger partial charge on any atom is 0.311 e. The van der Waals surface area contributed by atoms with Crippen LogP contribution in [0.15, 0.2) is 30.5 Å². The molecule has 0 bridgehead atoms. The highest BCUT2D eigenvalue weighted by Crippen LogP contribution is 2.25. The largest absolute Gasteiger partial charge is 0.481 e. The average Bonchev–Trinajstić information content (AvgIpc) is 2.97. The Morgan fingerprint density at radius 2 is 1.91 bits per heavy atom. The van der Waals surface area contributed by atoms with Gasteiger partial charge in [0.05, 0.1) is 5.41 Å². The summed E-state index contributed by atoms with van der Waals surface area (Å²) in [5.41, 5.74) is 1.30. The number of aryl methyl sites for hydroxylation is 1. The second-order valence-electron chi connectivity index (χ2n) is 5.93. The van der Waals surface area contributed by atoms with Crippen LogP contribution in [0.2, 0.25) is 0 Å². The molecule has 1 aromatic carbocycles. The van der Waals surface area contributed by atoms with Crippen LogP contribution in [-0.2, 0) is 16.0 Å². The highest BCUT2D eigenvalue weighted by molar-refractivity contribution is 5.84. The molecule has 0 atom stereocenters. The number of benzene rings is 1. The summed E-state index contributed by atoms with van der Waals surface area (Å²) < 4.78 is 0. The Morgan fingerprint density at radius 1 is 1.22 bits per heavy atom. The predicted octanol–water partition coefficient (Wildman–Crippen LogP) is 3.11. The highest BCUT2D eigenvalue weighted by Gasteiger charge is 2.34. The lowest BCUT2D eigenvalue weighted by Crippen LogP contribution is -2.42. The van der Waals surface area contributed by atoms with Gasteiger partial charge in [-0.15, -0.1) is 0 Å². The van der Waals surface area contributed by atoms with Gasteiger partial charge < -0.3 is 15.4 Å². The van der Waals surface area contributed by atoms with Gasteiger partial charge in [0.2, 0.25) is 5.91 Å². The van der Waals surface area contributed by atoms with Crippen molar-refractivity contribution >= 4 is 22.8 Å². The molecule has 0 saturated carbocycles. The molecule has 0 aliphatic heterocycles. The summed E-state index contributed by atoms with van der Waals surface area (Å²) in [4.78, 5) is 26.7. The third-order valence-corrected chi connectivity index (χ3v) is 4.73. The Kier molecular flexibility index (Phi) is 5.42. The standard InChI is InChI=1S/C18H24N2O3/c1-3-18(4-2,17(22)23)12-20-16(21)10-9-13-11-19-15-8-6-5-7-14(13)15/h5-8,11,19H,3-4,9-10,12H2,1-2H3,(H,20,21)(H,22,23). The summed E-state index contributed by atoms with van der Waals surface area (Å²) in [6, 6.07) is 7.98. The predicted molar refractivity (Wildman–Crippen MR) is 90.3 cm³/mol. The third-order valence-electron chi connectivity index (χ3n) is 4.73. The molecule has 0 spiro atoms. The zero-order valence-corrected chi connectivity index (χ0v) is 13.7. The Hall–Kier alpha value is -2.30. The first-order valence-electron chi connectivity index (χ1n) is 8.07. The first-order chi connectivity index (χ1) is 11.0. The van der Waals surface area contributed by atoms with Gasteiger partial charge in [-0.2, -0.15) is 0 Å². The molecular weight excluding hydrogens is 292 g/mol. The van der Waals surface area contributed by atoms with Gasteiger partial charge in [0.15, 0.2) is 0 Å². The van der Waals surface area contributed by atoms with Crippen molar-refractivity contribution in [3.63, 3.8) is 0 Å². The van der Waals surface area contributed by atoms with E-state index in [2.05, 4.69) is 10.3 Å². The maximum atomic E-state index is 12.1. The van der Waals surface area contributed by atoms with Gasteiger partial charge in [-0.3, -0.25) is 9.59 Å². The Balaban J connectivity index is 1.91. The number of rotatable bonds is 8. The van der Waals surface area contributed by atoms with E-state index in [1.807, 2.05) is 44.3 Å². The van der Waals surface area contributed by atoms with Gasteiger partial charge >= 0.3 is 5.97 Å². The second-order valence-corrected chi connectivity index (χ2v) is 5.93. The molecule has 0 unspecified atom stereocenters. The number of carbonyl (C=O) groups is 2. The molecule has 124 valence electrons. The lowest BCUT2D eigenvalue weighted by Gasteiger charge is -2.26.